The summed E-state index contributed by atoms with van der Waals surface area (Å²) in [7, 11) is 0. The Balaban J connectivity index is 1.49. The van der Waals surface area contributed by atoms with Crippen LogP contribution in [-0.2, 0) is 23.9 Å². The van der Waals surface area contributed by atoms with Crippen LogP contribution in [0.15, 0.2) is 24.3 Å². The molecule has 2 aliphatic rings. The van der Waals surface area contributed by atoms with Crippen LogP contribution in [0.2, 0.25) is 0 Å². The van der Waals surface area contributed by atoms with Gasteiger partial charge in [0.15, 0.2) is 0 Å². The fourth-order valence-electron chi connectivity index (χ4n) is 3.97. The number of nitrogens with one attached hydrogen (secondary N) is 1. The molecule has 0 bridgehead atoms. The van der Waals surface area contributed by atoms with Gasteiger partial charge in [-0.25, -0.2) is 0 Å². The summed E-state index contributed by atoms with van der Waals surface area (Å²) in [4.78, 5) is 16.8. The first kappa shape index (κ1) is 19.0. The molecule has 0 saturated carbocycles. The zero-order chi connectivity index (χ0) is 19.7. The average Bonchev–Trinajstić information content (AvgIpc) is 3.11. The maximum absolute atomic E-state index is 12.8. The maximum atomic E-state index is 12.8. The summed E-state index contributed by atoms with van der Waals surface area (Å²) in [5, 5.41) is 7.30. The first-order valence-electron chi connectivity index (χ1n) is 9.66. The fourth-order valence-corrected chi connectivity index (χ4v) is 3.97. The molecule has 8 heteroatoms. The van der Waals surface area contributed by atoms with Crippen molar-refractivity contribution in [1.29, 1.82) is 0 Å². The molecule has 1 aromatic heterocycles. The van der Waals surface area contributed by atoms with Gasteiger partial charge >= 0.3 is 6.18 Å². The number of aromatic nitrogens is 2. The van der Waals surface area contributed by atoms with Crippen LogP contribution in [0.1, 0.15) is 36.1 Å². The summed E-state index contributed by atoms with van der Waals surface area (Å²) in [5.41, 5.74) is 2.42. The number of hydrogen-bond acceptors (Lipinski definition) is 3. The van der Waals surface area contributed by atoms with Gasteiger partial charge in [0.25, 0.3) is 0 Å². The standard InChI is InChI=1S/C20H23F3N4O/c21-20(22,23)15-6-4-14(5-7-15)19-16-12-27(11-8-17(16)24-25-19)18(28)13-26-9-2-1-3-10-26/h4-7H,1-3,8-13H2,(H,24,25). The van der Waals surface area contributed by atoms with Crippen molar-refractivity contribution in [2.24, 2.45) is 0 Å². The van der Waals surface area contributed by atoms with E-state index in [1.54, 1.807) is 0 Å². The van der Waals surface area contributed by atoms with Crippen molar-refractivity contribution < 1.29 is 18.0 Å². The Kier molecular flexibility index (Phi) is 5.14. The van der Waals surface area contributed by atoms with Gasteiger partial charge in [0, 0.05) is 36.3 Å². The molecule has 1 aromatic carbocycles. The molecule has 28 heavy (non-hydrogen) atoms. The second kappa shape index (κ2) is 7.58. The molecule has 2 aliphatic heterocycles. The molecular weight excluding hydrogens is 369 g/mol. The Bertz CT molecular complexity index is 838. The summed E-state index contributed by atoms with van der Waals surface area (Å²) in [6.45, 7) is 3.44. The molecule has 1 amide bonds. The van der Waals surface area contributed by atoms with Crippen LogP contribution in [0.3, 0.4) is 0 Å². The van der Waals surface area contributed by atoms with Gasteiger partial charge in [-0.1, -0.05) is 18.6 Å². The van der Waals surface area contributed by atoms with Crippen molar-refractivity contribution in [3.05, 3.63) is 41.1 Å². The first-order chi connectivity index (χ1) is 13.4. The normalized spacial score (nSPS) is 18.2. The van der Waals surface area contributed by atoms with Crippen molar-refractivity contribution >= 4 is 5.91 Å². The Morgan fingerprint density at radius 2 is 1.79 bits per heavy atom. The monoisotopic (exact) mass is 392 g/mol. The van der Waals surface area contributed by atoms with Crippen molar-refractivity contribution in [2.45, 2.75) is 38.4 Å². The number of halogens is 3. The van der Waals surface area contributed by atoms with Gasteiger partial charge in [-0.2, -0.15) is 18.3 Å². The van der Waals surface area contributed by atoms with Crippen LogP contribution in [0.5, 0.6) is 0 Å². The van der Waals surface area contributed by atoms with Crippen LogP contribution >= 0.6 is 0 Å². The molecule has 0 spiro atoms. The third-order valence-corrected chi connectivity index (χ3v) is 5.58. The zero-order valence-electron chi connectivity index (χ0n) is 15.6. The number of nitrogens with zero attached hydrogens (tertiary/aromatic N) is 3. The van der Waals surface area contributed by atoms with Crippen LogP contribution in [0.4, 0.5) is 13.2 Å². The molecule has 1 N–H and O–H groups in total. The van der Waals surface area contributed by atoms with E-state index in [-0.39, 0.29) is 5.91 Å². The average molecular weight is 392 g/mol. The number of carbonyl (C=O) groups excluding carboxylic acids is 1. The molecule has 1 saturated heterocycles. The molecule has 3 heterocycles. The summed E-state index contributed by atoms with van der Waals surface area (Å²) in [5.74, 6) is 0.104. The number of carbonyl (C=O) groups is 1. The fraction of sp³-hybridized carbons (Fsp3) is 0.500. The number of rotatable bonds is 3. The Morgan fingerprint density at radius 1 is 1.07 bits per heavy atom. The Hall–Kier alpha value is -2.35. The zero-order valence-corrected chi connectivity index (χ0v) is 15.6. The van der Waals surface area contributed by atoms with Gasteiger partial charge in [-0.05, 0) is 38.1 Å². The highest BCUT2D eigenvalue weighted by molar-refractivity contribution is 5.79. The van der Waals surface area contributed by atoms with E-state index in [0.717, 1.165) is 49.3 Å². The van der Waals surface area contributed by atoms with Crippen LogP contribution < -0.4 is 0 Å². The number of amides is 1. The van der Waals surface area contributed by atoms with E-state index in [1.165, 1.54) is 18.6 Å². The molecule has 0 radical (unpaired) electrons. The van der Waals surface area contributed by atoms with Crippen LogP contribution in [0, 0.1) is 0 Å². The summed E-state index contributed by atoms with van der Waals surface area (Å²) < 4.78 is 38.4. The van der Waals surface area contributed by atoms with Crippen molar-refractivity contribution in [3.63, 3.8) is 0 Å². The molecular formula is C20H23F3N4O. The molecule has 150 valence electrons. The quantitative estimate of drug-likeness (QED) is 0.870. The topological polar surface area (TPSA) is 52.2 Å². The molecule has 5 nitrogen and oxygen atoms in total. The largest absolute Gasteiger partial charge is 0.416 e. The summed E-state index contributed by atoms with van der Waals surface area (Å²) in [6.07, 6.45) is -0.187. The lowest BCUT2D eigenvalue weighted by Crippen LogP contribution is -2.44. The smallest absolute Gasteiger partial charge is 0.337 e. The Morgan fingerprint density at radius 3 is 2.46 bits per heavy atom. The van der Waals surface area contributed by atoms with Crippen LogP contribution in [-0.4, -0.2) is 52.1 Å². The number of piperidine rings is 1. The summed E-state index contributed by atoms with van der Waals surface area (Å²) in [6, 6.07) is 5.01. The van der Waals surface area contributed by atoms with E-state index in [2.05, 4.69) is 15.1 Å². The minimum Gasteiger partial charge on any atom is -0.337 e. The highest BCUT2D eigenvalue weighted by Crippen LogP contribution is 2.33. The molecule has 0 atom stereocenters. The highest BCUT2D eigenvalue weighted by Gasteiger charge is 2.31. The van der Waals surface area contributed by atoms with E-state index in [4.69, 9.17) is 0 Å². The van der Waals surface area contributed by atoms with Crippen LogP contribution in [0.25, 0.3) is 11.3 Å². The van der Waals surface area contributed by atoms with Crippen molar-refractivity contribution in [1.82, 2.24) is 20.0 Å². The second-order valence-electron chi connectivity index (χ2n) is 7.51. The molecule has 1 fully saturated rings. The number of fused-ring (bicyclic) bond motifs is 1. The van der Waals surface area contributed by atoms with E-state index in [0.29, 0.717) is 37.3 Å². The summed E-state index contributed by atoms with van der Waals surface area (Å²) >= 11 is 0. The van der Waals surface area contributed by atoms with E-state index < -0.39 is 11.7 Å². The van der Waals surface area contributed by atoms with Crippen molar-refractivity contribution in [3.8, 4) is 11.3 Å². The molecule has 2 aromatic rings. The van der Waals surface area contributed by atoms with Gasteiger partial charge in [-0.15, -0.1) is 0 Å². The number of benzene rings is 1. The highest BCUT2D eigenvalue weighted by atomic mass is 19.4. The number of aromatic amines is 1. The predicted octanol–water partition coefficient (Wildman–Crippen LogP) is 3.47. The maximum Gasteiger partial charge on any atom is 0.416 e. The van der Waals surface area contributed by atoms with E-state index in [1.807, 2.05) is 4.90 Å². The van der Waals surface area contributed by atoms with E-state index in [9.17, 15) is 18.0 Å². The third kappa shape index (κ3) is 3.92. The minimum absolute atomic E-state index is 0.104. The van der Waals surface area contributed by atoms with E-state index >= 15 is 0 Å². The van der Waals surface area contributed by atoms with Gasteiger partial charge in [0.2, 0.25) is 5.91 Å². The number of alkyl halides is 3. The minimum atomic E-state index is -4.36. The SMILES string of the molecule is O=C(CN1CCCCC1)N1CCc2[nH]nc(-c3ccc(C(F)(F)F)cc3)c2C1. The lowest BCUT2D eigenvalue weighted by molar-refractivity contribution is -0.137. The first-order valence-corrected chi connectivity index (χ1v) is 9.66. The van der Waals surface area contributed by atoms with Gasteiger partial charge in [-0.3, -0.25) is 14.8 Å². The molecule has 4 rings (SSSR count). The lowest BCUT2D eigenvalue weighted by atomic mass is 10.00. The molecule has 0 aliphatic carbocycles. The van der Waals surface area contributed by atoms with Gasteiger partial charge in [0.1, 0.15) is 0 Å². The number of likely N-dealkylation sites (tertiary alicyclic amines) is 1. The predicted molar refractivity (Wildman–Crippen MR) is 98.4 cm³/mol. The second-order valence-corrected chi connectivity index (χ2v) is 7.51. The Labute approximate surface area is 161 Å². The third-order valence-electron chi connectivity index (χ3n) is 5.58. The molecule has 0 unspecified atom stereocenters. The van der Waals surface area contributed by atoms with Crippen molar-refractivity contribution in [2.75, 3.05) is 26.2 Å². The number of H-pyrrole nitrogens is 1. The lowest BCUT2D eigenvalue weighted by Gasteiger charge is -2.31. The van der Waals surface area contributed by atoms with Gasteiger partial charge < -0.3 is 4.90 Å². The number of hydrogen-bond donors (Lipinski definition) is 1. The van der Waals surface area contributed by atoms with Gasteiger partial charge in [0.05, 0.1) is 17.8 Å².